The zero-order chi connectivity index (χ0) is 12.7. The maximum absolute atomic E-state index is 10.5. The van der Waals surface area contributed by atoms with E-state index in [1.165, 1.54) is 6.08 Å². The molecule has 0 saturated carbocycles. The number of ether oxygens (including phenoxy) is 2. The van der Waals surface area contributed by atoms with E-state index in [0.717, 1.165) is 6.08 Å². The van der Waals surface area contributed by atoms with Gasteiger partial charge in [0.1, 0.15) is 11.5 Å². The molecule has 0 spiro atoms. The number of hydrogen-bond donors (Lipinski definition) is 1. The summed E-state index contributed by atoms with van der Waals surface area (Å²) in [5, 5.41) is 8.61. The van der Waals surface area contributed by atoms with Crippen LogP contribution in [0.2, 0.25) is 0 Å². The predicted octanol–water partition coefficient (Wildman–Crippen LogP) is 2.58. The Kier molecular flexibility index (Phi) is 5.07. The lowest BCUT2D eigenvalue weighted by molar-refractivity contribution is -0.131. The van der Waals surface area contributed by atoms with Gasteiger partial charge in [-0.05, 0) is 38.1 Å². The van der Waals surface area contributed by atoms with Gasteiger partial charge in [-0.2, -0.15) is 0 Å². The third kappa shape index (κ3) is 4.18. The van der Waals surface area contributed by atoms with Crippen LogP contribution in [0.1, 0.15) is 19.4 Å². The minimum Gasteiger partial charge on any atom is -0.494 e. The van der Waals surface area contributed by atoms with E-state index in [1.807, 2.05) is 13.8 Å². The van der Waals surface area contributed by atoms with Crippen LogP contribution < -0.4 is 9.47 Å². The SMILES string of the molecule is CCOc1ccc(OCC)c(/C=C/C(=O)O)c1. The van der Waals surface area contributed by atoms with Gasteiger partial charge < -0.3 is 14.6 Å². The van der Waals surface area contributed by atoms with Crippen molar-refractivity contribution < 1.29 is 19.4 Å². The lowest BCUT2D eigenvalue weighted by atomic mass is 10.1. The van der Waals surface area contributed by atoms with E-state index in [1.54, 1.807) is 18.2 Å². The molecule has 1 aromatic rings. The number of aliphatic carboxylic acids is 1. The summed E-state index contributed by atoms with van der Waals surface area (Å²) in [6.45, 7) is 4.86. The van der Waals surface area contributed by atoms with Gasteiger partial charge in [0.05, 0.1) is 13.2 Å². The van der Waals surface area contributed by atoms with E-state index in [-0.39, 0.29) is 0 Å². The Morgan fingerprint density at radius 1 is 1.29 bits per heavy atom. The summed E-state index contributed by atoms with van der Waals surface area (Å²) in [5.41, 5.74) is 0.695. The quantitative estimate of drug-likeness (QED) is 0.771. The van der Waals surface area contributed by atoms with Crippen LogP contribution in [0.4, 0.5) is 0 Å². The molecule has 0 saturated heterocycles. The van der Waals surface area contributed by atoms with Crippen LogP contribution in [0.25, 0.3) is 6.08 Å². The number of carbonyl (C=O) groups is 1. The van der Waals surface area contributed by atoms with Gasteiger partial charge in [0, 0.05) is 11.6 Å². The Morgan fingerprint density at radius 2 is 2.00 bits per heavy atom. The van der Waals surface area contributed by atoms with Crippen molar-refractivity contribution in [2.24, 2.45) is 0 Å². The highest BCUT2D eigenvalue weighted by Gasteiger charge is 2.03. The largest absolute Gasteiger partial charge is 0.494 e. The first-order valence-corrected chi connectivity index (χ1v) is 5.48. The number of benzene rings is 1. The summed E-state index contributed by atoms with van der Waals surface area (Å²) >= 11 is 0. The van der Waals surface area contributed by atoms with Crippen LogP contribution in [-0.2, 0) is 4.79 Å². The molecule has 0 radical (unpaired) electrons. The third-order valence-corrected chi connectivity index (χ3v) is 2.00. The molecule has 0 atom stereocenters. The highest BCUT2D eigenvalue weighted by Crippen LogP contribution is 2.25. The molecule has 92 valence electrons. The molecule has 1 N–H and O–H groups in total. The van der Waals surface area contributed by atoms with Crippen LogP contribution in [0.5, 0.6) is 11.5 Å². The minimum atomic E-state index is -0.991. The summed E-state index contributed by atoms with van der Waals surface area (Å²) in [5.74, 6) is 0.351. The lowest BCUT2D eigenvalue weighted by Gasteiger charge is -2.09. The van der Waals surface area contributed by atoms with Crippen molar-refractivity contribution in [3.05, 3.63) is 29.8 Å². The molecular weight excluding hydrogens is 220 g/mol. The second-order valence-electron chi connectivity index (χ2n) is 3.24. The smallest absolute Gasteiger partial charge is 0.328 e. The van der Waals surface area contributed by atoms with Gasteiger partial charge >= 0.3 is 5.97 Å². The molecule has 1 aromatic carbocycles. The number of carboxylic acids is 1. The van der Waals surface area contributed by atoms with Crippen molar-refractivity contribution in [1.29, 1.82) is 0 Å². The summed E-state index contributed by atoms with van der Waals surface area (Å²) in [6.07, 6.45) is 2.57. The monoisotopic (exact) mass is 236 g/mol. The predicted molar refractivity (Wildman–Crippen MR) is 65.4 cm³/mol. The fraction of sp³-hybridized carbons (Fsp3) is 0.308. The van der Waals surface area contributed by atoms with Gasteiger partial charge in [0.15, 0.2) is 0 Å². The van der Waals surface area contributed by atoms with Crippen molar-refractivity contribution in [2.45, 2.75) is 13.8 Å². The van der Waals surface area contributed by atoms with E-state index in [0.29, 0.717) is 30.3 Å². The zero-order valence-electron chi connectivity index (χ0n) is 9.97. The summed E-state index contributed by atoms with van der Waals surface area (Å²) in [7, 11) is 0. The van der Waals surface area contributed by atoms with E-state index < -0.39 is 5.97 Å². The van der Waals surface area contributed by atoms with Crippen LogP contribution in [0, 0.1) is 0 Å². The van der Waals surface area contributed by atoms with E-state index in [4.69, 9.17) is 14.6 Å². The van der Waals surface area contributed by atoms with Crippen LogP contribution in [0.3, 0.4) is 0 Å². The van der Waals surface area contributed by atoms with Crippen LogP contribution in [-0.4, -0.2) is 24.3 Å². The van der Waals surface area contributed by atoms with Gasteiger partial charge in [-0.1, -0.05) is 0 Å². The van der Waals surface area contributed by atoms with Gasteiger partial charge in [-0.3, -0.25) is 0 Å². The zero-order valence-corrected chi connectivity index (χ0v) is 9.97. The first kappa shape index (κ1) is 13.1. The molecule has 4 heteroatoms. The molecule has 0 aliphatic rings. The molecule has 0 aliphatic heterocycles. The molecule has 0 amide bonds. The summed E-state index contributed by atoms with van der Waals surface area (Å²) in [4.78, 5) is 10.5. The minimum absolute atomic E-state index is 0.530. The topological polar surface area (TPSA) is 55.8 Å². The standard InChI is InChI=1S/C13H16O4/c1-3-16-11-6-7-12(17-4-2)10(9-11)5-8-13(14)15/h5-9H,3-4H2,1-2H3,(H,14,15)/b8-5+. The molecular formula is C13H16O4. The average molecular weight is 236 g/mol. The number of carboxylic acid groups (broad SMARTS) is 1. The second-order valence-corrected chi connectivity index (χ2v) is 3.24. The Morgan fingerprint density at radius 3 is 2.59 bits per heavy atom. The Hall–Kier alpha value is -1.97. The molecule has 17 heavy (non-hydrogen) atoms. The maximum atomic E-state index is 10.5. The van der Waals surface area contributed by atoms with E-state index in [2.05, 4.69) is 0 Å². The van der Waals surface area contributed by atoms with Crippen molar-refractivity contribution in [3.8, 4) is 11.5 Å². The van der Waals surface area contributed by atoms with Crippen molar-refractivity contribution in [1.82, 2.24) is 0 Å². The van der Waals surface area contributed by atoms with Gasteiger partial charge in [0.2, 0.25) is 0 Å². The molecule has 0 unspecified atom stereocenters. The fourth-order valence-corrected chi connectivity index (χ4v) is 1.36. The van der Waals surface area contributed by atoms with Crippen LogP contribution >= 0.6 is 0 Å². The third-order valence-electron chi connectivity index (χ3n) is 2.00. The van der Waals surface area contributed by atoms with Gasteiger partial charge in [0.25, 0.3) is 0 Å². The molecule has 0 aromatic heterocycles. The second kappa shape index (κ2) is 6.58. The Labute approximate surface area is 100 Å². The van der Waals surface area contributed by atoms with Crippen LogP contribution in [0.15, 0.2) is 24.3 Å². The van der Waals surface area contributed by atoms with Crippen molar-refractivity contribution in [3.63, 3.8) is 0 Å². The Balaban J connectivity index is 3.01. The molecule has 0 heterocycles. The fourth-order valence-electron chi connectivity index (χ4n) is 1.36. The molecule has 4 nitrogen and oxygen atoms in total. The molecule has 0 aliphatic carbocycles. The molecule has 0 fully saturated rings. The average Bonchev–Trinajstić information content (AvgIpc) is 2.29. The number of hydrogen-bond acceptors (Lipinski definition) is 3. The summed E-state index contributed by atoms with van der Waals surface area (Å²) in [6, 6.07) is 5.33. The first-order chi connectivity index (χ1) is 8.17. The van der Waals surface area contributed by atoms with E-state index in [9.17, 15) is 4.79 Å². The van der Waals surface area contributed by atoms with Gasteiger partial charge in [-0.25, -0.2) is 4.79 Å². The van der Waals surface area contributed by atoms with E-state index >= 15 is 0 Å². The van der Waals surface area contributed by atoms with Crippen molar-refractivity contribution >= 4 is 12.0 Å². The maximum Gasteiger partial charge on any atom is 0.328 e. The van der Waals surface area contributed by atoms with Crippen molar-refractivity contribution in [2.75, 3.05) is 13.2 Å². The molecule has 1 rings (SSSR count). The normalized spacial score (nSPS) is 10.5. The number of rotatable bonds is 6. The first-order valence-electron chi connectivity index (χ1n) is 5.48. The van der Waals surface area contributed by atoms with Gasteiger partial charge in [-0.15, -0.1) is 0 Å². The Bertz CT molecular complexity index is 410. The highest BCUT2D eigenvalue weighted by atomic mass is 16.5. The lowest BCUT2D eigenvalue weighted by Crippen LogP contribution is -1.97. The highest BCUT2D eigenvalue weighted by molar-refractivity contribution is 5.86. The summed E-state index contributed by atoms with van der Waals surface area (Å²) < 4.78 is 10.8. The molecule has 0 bridgehead atoms.